The van der Waals surface area contributed by atoms with Gasteiger partial charge in [-0.2, -0.15) is 0 Å². The highest BCUT2D eigenvalue weighted by Gasteiger charge is 2.10. The highest BCUT2D eigenvalue weighted by atomic mass is 32.2. The highest BCUT2D eigenvalue weighted by molar-refractivity contribution is 7.92. The maximum atomic E-state index is 11.6. The van der Waals surface area contributed by atoms with Gasteiger partial charge in [0, 0.05) is 42.8 Å². The fourth-order valence-electron chi connectivity index (χ4n) is 3.16. The number of rotatable bonds is 9. The Morgan fingerprint density at radius 3 is 2.67 bits per heavy atom. The van der Waals surface area contributed by atoms with E-state index in [2.05, 4.69) is 35.5 Å². The Bertz CT molecular complexity index is 1420. The van der Waals surface area contributed by atoms with E-state index in [1.165, 1.54) is 6.07 Å². The molecule has 13 heteroatoms. The standard InChI is InChI=1S/C20H21N9O3S/c1-33(31,32)28-14-4-2-3-13(11-14)16-12-18-23-9-10-29(18)20(25-16)24-8-7-22-17-6-5-15(27-30)19(21)26-17/h2-6,9-12,28H,7-8H2,1H3,(H,24,25)(H3,21,22,26). The van der Waals surface area contributed by atoms with E-state index in [1.54, 1.807) is 36.7 Å². The molecule has 1 aromatic carbocycles. The smallest absolute Gasteiger partial charge is 0.229 e. The first-order valence-corrected chi connectivity index (χ1v) is 11.7. The topological polar surface area (TPSA) is 169 Å². The molecule has 12 nitrogen and oxygen atoms in total. The lowest BCUT2D eigenvalue weighted by Gasteiger charge is -2.12. The second kappa shape index (κ2) is 9.08. The van der Waals surface area contributed by atoms with Crippen LogP contribution >= 0.6 is 0 Å². The van der Waals surface area contributed by atoms with Crippen LogP contribution in [0.25, 0.3) is 16.9 Å². The Labute approximate surface area is 189 Å². The average molecular weight is 468 g/mol. The van der Waals surface area contributed by atoms with Gasteiger partial charge in [0.2, 0.25) is 16.0 Å². The van der Waals surface area contributed by atoms with Crippen LogP contribution in [-0.4, -0.2) is 47.1 Å². The van der Waals surface area contributed by atoms with Gasteiger partial charge in [0.1, 0.15) is 17.2 Å². The molecule has 0 unspecified atom stereocenters. The van der Waals surface area contributed by atoms with Crippen molar-refractivity contribution < 1.29 is 8.42 Å². The number of hydrogen-bond donors (Lipinski definition) is 4. The van der Waals surface area contributed by atoms with Gasteiger partial charge in [0.05, 0.1) is 11.9 Å². The molecule has 0 saturated heterocycles. The maximum absolute atomic E-state index is 11.6. The zero-order valence-electron chi connectivity index (χ0n) is 17.6. The fraction of sp³-hybridized carbons (Fsp3) is 0.150. The minimum absolute atomic E-state index is 0.0602. The first-order valence-electron chi connectivity index (χ1n) is 9.82. The maximum Gasteiger partial charge on any atom is 0.229 e. The number of benzene rings is 1. The summed E-state index contributed by atoms with van der Waals surface area (Å²) in [6.45, 7) is 0.991. The van der Waals surface area contributed by atoms with Crippen molar-refractivity contribution in [3.05, 3.63) is 59.8 Å². The second-order valence-electron chi connectivity index (χ2n) is 7.12. The van der Waals surface area contributed by atoms with Crippen LogP contribution in [0, 0.1) is 4.91 Å². The van der Waals surface area contributed by atoms with Gasteiger partial charge < -0.3 is 16.4 Å². The second-order valence-corrected chi connectivity index (χ2v) is 8.87. The monoisotopic (exact) mass is 467 g/mol. The number of aromatic nitrogens is 4. The van der Waals surface area contributed by atoms with Crippen molar-refractivity contribution in [3.63, 3.8) is 0 Å². The van der Waals surface area contributed by atoms with Gasteiger partial charge in [-0.25, -0.2) is 23.4 Å². The molecule has 0 aliphatic carbocycles. The molecule has 0 aliphatic rings. The van der Waals surface area contributed by atoms with Crippen LogP contribution in [0.1, 0.15) is 0 Å². The van der Waals surface area contributed by atoms with Crippen LogP contribution in [0.15, 0.2) is 60.0 Å². The van der Waals surface area contributed by atoms with Crippen molar-refractivity contribution in [2.45, 2.75) is 0 Å². The van der Waals surface area contributed by atoms with E-state index >= 15 is 0 Å². The van der Waals surface area contributed by atoms with Gasteiger partial charge in [0.15, 0.2) is 5.82 Å². The Morgan fingerprint density at radius 1 is 1.09 bits per heavy atom. The largest absolute Gasteiger partial charge is 0.382 e. The van der Waals surface area contributed by atoms with E-state index in [9.17, 15) is 13.3 Å². The van der Waals surface area contributed by atoms with Crippen molar-refractivity contribution in [1.82, 2.24) is 19.4 Å². The molecule has 0 aliphatic heterocycles. The Balaban J connectivity index is 1.50. The van der Waals surface area contributed by atoms with Gasteiger partial charge in [-0.15, -0.1) is 4.91 Å². The Hall–Kier alpha value is -4.26. The zero-order chi connectivity index (χ0) is 23.4. The minimum Gasteiger partial charge on any atom is -0.382 e. The van der Waals surface area contributed by atoms with E-state index in [0.717, 1.165) is 11.8 Å². The summed E-state index contributed by atoms with van der Waals surface area (Å²) in [6.07, 6.45) is 4.56. The van der Waals surface area contributed by atoms with Crippen LogP contribution in [0.4, 0.5) is 29.0 Å². The number of anilines is 4. The van der Waals surface area contributed by atoms with Crippen LogP contribution in [0.5, 0.6) is 0 Å². The molecule has 0 saturated carbocycles. The van der Waals surface area contributed by atoms with E-state index in [0.29, 0.717) is 41.9 Å². The summed E-state index contributed by atoms with van der Waals surface area (Å²) in [5.41, 5.74) is 8.27. The van der Waals surface area contributed by atoms with Crippen molar-refractivity contribution in [1.29, 1.82) is 0 Å². The number of fused-ring (bicyclic) bond motifs is 1. The Kier molecular flexibility index (Phi) is 6.04. The molecule has 170 valence electrons. The lowest BCUT2D eigenvalue weighted by molar-refractivity contribution is 0.607. The number of nitrogens with one attached hydrogen (secondary N) is 3. The van der Waals surface area contributed by atoms with Crippen molar-refractivity contribution in [2.24, 2.45) is 5.18 Å². The highest BCUT2D eigenvalue weighted by Crippen LogP contribution is 2.25. The third kappa shape index (κ3) is 5.33. The summed E-state index contributed by atoms with van der Waals surface area (Å²) < 4.78 is 27.4. The number of nitrogens with two attached hydrogens (primary N) is 1. The number of nitroso groups, excluding NO2 is 1. The molecule has 0 bridgehead atoms. The summed E-state index contributed by atoms with van der Waals surface area (Å²) >= 11 is 0. The van der Waals surface area contributed by atoms with E-state index < -0.39 is 10.0 Å². The molecule has 0 fully saturated rings. The summed E-state index contributed by atoms with van der Waals surface area (Å²) in [5.74, 6) is 1.15. The number of hydrogen-bond acceptors (Lipinski definition) is 10. The predicted molar refractivity (Wildman–Crippen MR) is 128 cm³/mol. The van der Waals surface area contributed by atoms with Gasteiger partial charge in [-0.05, 0) is 29.4 Å². The van der Waals surface area contributed by atoms with Gasteiger partial charge in [0.25, 0.3) is 0 Å². The van der Waals surface area contributed by atoms with E-state index in [4.69, 9.17) is 5.73 Å². The molecule has 4 aromatic rings. The van der Waals surface area contributed by atoms with Gasteiger partial charge >= 0.3 is 0 Å². The normalized spacial score (nSPS) is 11.3. The van der Waals surface area contributed by atoms with Crippen LogP contribution in [-0.2, 0) is 10.0 Å². The molecule has 4 rings (SSSR count). The van der Waals surface area contributed by atoms with Crippen LogP contribution in [0.3, 0.4) is 0 Å². The number of pyridine rings is 1. The zero-order valence-corrected chi connectivity index (χ0v) is 18.4. The van der Waals surface area contributed by atoms with Crippen LogP contribution < -0.4 is 21.1 Å². The summed E-state index contributed by atoms with van der Waals surface area (Å²) in [4.78, 5) is 23.7. The minimum atomic E-state index is -3.39. The molecule has 0 amide bonds. The molecule has 0 spiro atoms. The van der Waals surface area contributed by atoms with E-state index in [1.807, 2.05) is 16.5 Å². The first kappa shape index (κ1) is 22.0. The first-order chi connectivity index (χ1) is 15.8. The van der Waals surface area contributed by atoms with Gasteiger partial charge in [-0.3, -0.25) is 9.12 Å². The fourth-order valence-corrected chi connectivity index (χ4v) is 3.72. The quantitative estimate of drug-likeness (QED) is 0.213. The summed E-state index contributed by atoms with van der Waals surface area (Å²) in [5, 5.41) is 9.16. The molecule has 3 aromatic heterocycles. The van der Waals surface area contributed by atoms with Crippen molar-refractivity contribution in [2.75, 3.05) is 40.4 Å². The average Bonchev–Trinajstić information content (AvgIpc) is 3.25. The van der Waals surface area contributed by atoms with Crippen LogP contribution in [0.2, 0.25) is 0 Å². The lowest BCUT2D eigenvalue weighted by Crippen LogP contribution is -2.17. The molecule has 33 heavy (non-hydrogen) atoms. The molecule has 3 heterocycles. The summed E-state index contributed by atoms with van der Waals surface area (Å²) in [7, 11) is -3.39. The number of sulfonamides is 1. The number of imidazole rings is 1. The third-order valence-electron chi connectivity index (χ3n) is 4.57. The van der Waals surface area contributed by atoms with Crippen molar-refractivity contribution >= 4 is 44.6 Å². The lowest BCUT2D eigenvalue weighted by atomic mass is 10.1. The third-order valence-corrected chi connectivity index (χ3v) is 5.17. The SMILES string of the molecule is CS(=O)(=O)Nc1cccc(-c2cc3nccn3c(NCCNc3ccc(N=O)c(N)n3)n2)c1. The molecular formula is C20H21N9O3S. The Morgan fingerprint density at radius 2 is 1.91 bits per heavy atom. The molecule has 0 radical (unpaired) electrons. The van der Waals surface area contributed by atoms with Gasteiger partial charge in [-0.1, -0.05) is 12.1 Å². The molecule has 0 atom stereocenters. The van der Waals surface area contributed by atoms with Crippen molar-refractivity contribution in [3.8, 4) is 11.3 Å². The summed E-state index contributed by atoms with van der Waals surface area (Å²) in [6, 6.07) is 11.9. The molecular weight excluding hydrogens is 446 g/mol. The number of nitrogens with zero attached hydrogens (tertiary/aromatic N) is 5. The number of nitrogen functional groups attached to an aromatic ring is 1. The molecule has 5 N–H and O–H groups in total. The van der Waals surface area contributed by atoms with E-state index in [-0.39, 0.29) is 11.5 Å². The predicted octanol–water partition coefficient (Wildman–Crippen LogP) is 2.67.